The van der Waals surface area contributed by atoms with Crippen molar-refractivity contribution in [2.24, 2.45) is 0 Å². The zero-order valence-electron chi connectivity index (χ0n) is 6.44. The summed E-state index contributed by atoms with van der Waals surface area (Å²) >= 11 is 0. The molecule has 0 bridgehead atoms. The highest BCUT2D eigenvalue weighted by atomic mass is 19.1. The smallest absolute Gasteiger partial charge is 0.246 e. The van der Waals surface area contributed by atoms with Gasteiger partial charge >= 0.3 is 5.69 Å². The maximum absolute atomic E-state index is 12.5. The summed E-state index contributed by atoms with van der Waals surface area (Å²) in [6.07, 6.45) is 2.32. The highest BCUT2D eigenvalue weighted by Gasteiger charge is 2.01. The largest absolute Gasteiger partial charge is 0.348 e. The summed E-state index contributed by atoms with van der Waals surface area (Å²) in [6.45, 7) is 0. The summed E-state index contributed by atoms with van der Waals surface area (Å²) in [5.41, 5.74) is -0.404. The van der Waals surface area contributed by atoms with Crippen molar-refractivity contribution in [3.05, 3.63) is 41.0 Å². The number of pyridine rings is 1. The van der Waals surface area contributed by atoms with Crippen LogP contribution in [0.3, 0.4) is 0 Å². The molecule has 2 aromatic rings. The average molecular weight is 180 g/mol. The van der Waals surface area contributed by atoms with Gasteiger partial charge in [-0.2, -0.15) is 5.10 Å². The predicted octanol–water partition coefficient (Wildman–Crippen LogP) is 0.0947. The number of aromatic nitrogens is 4. The Morgan fingerprint density at radius 1 is 1.46 bits per heavy atom. The molecule has 6 heteroatoms. The molecule has 1 N–H and O–H groups in total. The molecule has 0 aliphatic rings. The number of hydrogen-bond acceptors (Lipinski definition) is 3. The van der Waals surface area contributed by atoms with Crippen molar-refractivity contribution >= 4 is 0 Å². The quantitative estimate of drug-likeness (QED) is 0.676. The van der Waals surface area contributed by atoms with Crippen LogP contribution >= 0.6 is 0 Å². The molecule has 0 aliphatic carbocycles. The van der Waals surface area contributed by atoms with Crippen molar-refractivity contribution in [3.8, 4) is 5.82 Å². The van der Waals surface area contributed by atoms with Gasteiger partial charge in [0.15, 0.2) is 0 Å². The second-order valence-electron chi connectivity index (χ2n) is 2.37. The SMILES string of the molecule is O=c1[nH]ncn1-c1ccc(F)cn1. The molecule has 13 heavy (non-hydrogen) atoms. The van der Waals surface area contributed by atoms with E-state index in [4.69, 9.17) is 0 Å². The predicted molar refractivity (Wildman–Crippen MR) is 41.9 cm³/mol. The number of rotatable bonds is 1. The molecule has 0 atom stereocenters. The molecule has 0 unspecified atom stereocenters. The first-order chi connectivity index (χ1) is 6.27. The topological polar surface area (TPSA) is 63.6 Å². The fourth-order valence-electron chi connectivity index (χ4n) is 0.922. The average Bonchev–Trinajstić information content (AvgIpc) is 2.53. The third kappa shape index (κ3) is 1.33. The highest BCUT2D eigenvalue weighted by molar-refractivity contribution is 5.20. The normalized spacial score (nSPS) is 10.2. The highest BCUT2D eigenvalue weighted by Crippen LogP contribution is 2.00. The van der Waals surface area contributed by atoms with Gasteiger partial charge in [0.2, 0.25) is 0 Å². The Kier molecular flexibility index (Phi) is 1.66. The molecule has 2 heterocycles. The van der Waals surface area contributed by atoms with Crippen molar-refractivity contribution in [1.29, 1.82) is 0 Å². The van der Waals surface area contributed by atoms with E-state index in [2.05, 4.69) is 15.2 Å². The zero-order valence-corrected chi connectivity index (χ0v) is 6.44. The molecule has 0 aliphatic heterocycles. The molecule has 0 amide bonds. The van der Waals surface area contributed by atoms with Crippen LogP contribution in [0.15, 0.2) is 29.5 Å². The van der Waals surface area contributed by atoms with Gasteiger partial charge < -0.3 is 0 Å². The molecule has 2 rings (SSSR count). The maximum atomic E-state index is 12.5. The van der Waals surface area contributed by atoms with Gasteiger partial charge in [0.05, 0.1) is 6.20 Å². The standard InChI is InChI=1S/C7H5FN4O/c8-5-1-2-6(9-3-5)12-4-10-11-7(12)13/h1-4H,(H,11,13). The molecule has 0 saturated carbocycles. The van der Waals surface area contributed by atoms with Crippen LogP contribution in [0.25, 0.3) is 5.82 Å². The molecular weight excluding hydrogens is 175 g/mol. The molecule has 2 aromatic heterocycles. The van der Waals surface area contributed by atoms with Gasteiger partial charge in [0.1, 0.15) is 18.0 Å². The minimum absolute atomic E-state index is 0.333. The van der Waals surface area contributed by atoms with Crippen molar-refractivity contribution in [3.63, 3.8) is 0 Å². The van der Waals surface area contributed by atoms with Gasteiger partial charge in [-0.25, -0.2) is 23.8 Å². The Morgan fingerprint density at radius 3 is 2.85 bits per heavy atom. The van der Waals surface area contributed by atoms with E-state index in [9.17, 15) is 9.18 Å². The molecule has 0 aromatic carbocycles. The minimum atomic E-state index is -0.444. The fraction of sp³-hybridized carbons (Fsp3) is 0. The van der Waals surface area contributed by atoms with Crippen molar-refractivity contribution in [2.45, 2.75) is 0 Å². The monoisotopic (exact) mass is 180 g/mol. The molecular formula is C7H5FN4O. The van der Waals surface area contributed by atoms with Crippen LogP contribution < -0.4 is 5.69 Å². The number of hydrogen-bond donors (Lipinski definition) is 1. The number of nitrogens with zero attached hydrogens (tertiary/aromatic N) is 3. The summed E-state index contributed by atoms with van der Waals surface area (Å²) in [5, 5.41) is 5.72. The second-order valence-corrected chi connectivity index (χ2v) is 2.37. The van der Waals surface area contributed by atoms with Crippen molar-refractivity contribution in [2.75, 3.05) is 0 Å². The van der Waals surface area contributed by atoms with Gasteiger partial charge in [-0.3, -0.25) is 0 Å². The lowest BCUT2D eigenvalue weighted by Gasteiger charge is -1.96. The molecule has 0 radical (unpaired) electrons. The van der Waals surface area contributed by atoms with Gasteiger partial charge in [0.25, 0.3) is 0 Å². The first-order valence-electron chi connectivity index (χ1n) is 3.51. The van der Waals surface area contributed by atoms with Gasteiger partial charge in [-0.1, -0.05) is 0 Å². The van der Waals surface area contributed by atoms with E-state index in [0.717, 1.165) is 6.20 Å². The van der Waals surface area contributed by atoms with Crippen molar-refractivity contribution < 1.29 is 4.39 Å². The fourth-order valence-corrected chi connectivity index (χ4v) is 0.922. The van der Waals surface area contributed by atoms with Crippen LogP contribution in [-0.4, -0.2) is 19.7 Å². The summed E-state index contributed by atoms with van der Waals surface area (Å²) in [5.74, 6) is -0.111. The number of halogens is 1. The van der Waals surface area contributed by atoms with Crippen LogP contribution in [0.4, 0.5) is 4.39 Å². The first kappa shape index (κ1) is 7.66. The van der Waals surface area contributed by atoms with Crippen LogP contribution in [0.2, 0.25) is 0 Å². The van der Waals surface area contributed by atoms with Crippen LogP contribution in [-0.2, 0) is 0 Å². The minimum Gasteiger partial charge on any atom is -0.246 e. The van der Waals surface area contributed by atoms with E-state index in [1.807, 2.05) is 0 Å². The van der Waals surface area contributed by atoms with Gasteiger partial charge in [-0.15, -0.1) is 0 Å². The zero-order chi connectivity index (χ0) is 9.26. The summed E-state index contributed by atoms with van der Waals surface area (Å²) in [7, 11) is 0. The van der Waals surface area contributed by atoms with E-state index < -0.39 is 11.5 Å². The Balaban J connectivity index is 2.54. The number of H-pyrrole nitrogens is 1. The lowest BCUT2D eigenvalue weighted by Crippen LogP contribution is -2.15. The molecule has 66 valence electrons. The third-order valence-electron chi connectivity index (χ3n) is 1.51. The summed E-state index contributed by atoms with van der Waals surface area (Å²) in [4.78, 5) is 14.7. The summed E-state index contributed by atoms with van der Waals surface area (Å²) < 4.78 is 13.6. The Bertz CT molecular complexity index is 458. The van der Waals surface area contributed by atoms with Crippen molar-refractivity contribution in [1.82, 2.24) is 19.7 Å². The van der Waals surface area contributed by atoms with Crippen LogP contribution in [0.5, 0.6) is 0 Å². The van der Waals surface area contributed by atoms with Gasteiger partial charge in [0, 0.05) is 0 Å². The Morgan fingerprint density at radius 2 is 2.31 bits per heavy atom. The lowest BCUT2D eigenvalue weighted by atomic mass is 10.4. The lowest BCUT2D eigenvalue weighted by molar-refractivity contribution is 0.620. The van der Waals surface area contributed by atoms with E-state index in [-0.39, 0.29) is 0 Å². The first-order valence-corrected chi connectivity index (χ1v) is 3.51. The maximum Gasteiger partial charge on any atom is 0.348 e. The second kappa shape index (κ2) is 2.81. The van der Waals surface area contributed by atoms with E-state index in [1.165, 1.54) is 23.0 Å². The Labute approximate surface area is 71.9 Å². The van der Waals surface area contributed by atoms with Crippen LogP contribution in [0, 0.1) is 5.82 Å². The van der Waals surface area contributed by atoms with Gasteiger partial charge in [-0.05, 0) is 12.1 Å². The molecule has 5 nitrogen and oxygen atoms in total. The van der Waals surface area contributed by atoms with Crippen LogP contribution in [0.1, 0.15) is 0 Å². The Hall–Kier alpha value is -1.98. The van der Waals surface area contributed by atoms with E-state index in [1.54, 1.807) is 0 Å². The number of aromatic amines is 1. The molecule has 0 spiro atoms. The molecule has 0 saturated heterocycles. The third-order valence-corrected chi connectivity index (χ3v) is 1.51. The number of nitrogens with one attached hydrogen (secondary N) is 1. The van der Waals surface area contributed by atoms with E-state index >= 15 is 0 Å². The van der Waals surface area contributed by atoms with E-state index in [0.29, 0.717) is 5.82 Å². The molecule has 0 fully saturated rings. The summed E-state index contributed by atoms with van der Waals surface area (Å²) in [6, 6.07) is 2.62.